The van der Waals surface area contributed by atoms with E-state index in [1.54, 1.807) is 0 Å². The summed E-state index contributed by atoms with van der Waals surface area (Å²) in [6.07, 6.45) is 3.94. The second kappa shape index (κ2) is 7.43. The van der Waals surface area contributed by atoms with Crippen LogP contribution in [0.5, 0.6) is 0 Å². The second-order valence-electron chi connectivity index (χ2n) is 4.51. The normalized spacial score (nSPS) is 18.7. The summed E-state index contributed by atoms with van der Waals surface area (Å²) in [7, 11) is 1.35. The Morgan fingerprint density at radius 1 is 1.35 bits per heavy atom. The molecule has 1 rings (SSSR count). The molecule has 0 bridgehead atoms. The Balaban J connectivity index is 2.60. The fourth-order valence-corrected chi connectivity index (χ4v) is 2.19. The molecule has 1 saturated heterocycles. The number of carbonyl (C=O) groups is 2. The van der Waals surface area contributed by atoms with Gasteiger partial charge >= 0.3 is 5.97 Å². The van der Waals surface area contributed by atoms with Gasteiger partial charge in [-0.15, -0.1) is 0 Å². The van der Waals surface area contributed by atoms with Gasteiger partial charge in [-0.2, -0.15) is 0 Å². The maximum atomic E-state index is 12.2. The summed E-state index contributed by atoms with van der Waals surface area (Å²) in [6.45, 7) is 3.30. The molecule has 1 aliphatic heterocycles. The average Bonchev–Trinajstić information content (AvgIpc) is 2.39. The van der Waals surface area contributed by atoms with Gasteiger partial charge in [0.1, 0.15) is 11.7 Å². The van der Waals surface area contributed by atoms with E-state index in [9.17, 15) is 9.59 Å². The lowest BCUT2D eigenvalue weighted by atomic mass is 9.85. The third-order valence-corrected chi connectivity index (χ3v) is 3.30. The van der Waals surface area contributed by atoms with Crippen LogP contribution in [0.25, 0.3) is 0 Å². The third kappa shape index (κ3) is 4.11. The predicted molar refractivity (Wildman–Crippen MR) is 63.6 cm³/mol. The number of esters is 1. The molecule has 4 heteroatoms. The van der Waals surface area contributed by atoms with Crippen LogP contribution in [0.15, 0.2) is 0 Å². The molecule has 98 valence electrons. The van der Waals surface area contributed by atoms with Crippen molar-refractivity contribution in [2.24, 2.45) is 11.8 Å². The van der Waals surface area contributed by atoms with E-state index in [1.165, 1.54) is 7.11 Å². The Kier molecular flexibility index (Phi) is 6.19. The van der Waals surface area contributed by atoms with Crippen LogP contribution in [0.3, 0.4) is 0 Å². The Labute approximate surface area is 103 Å². The van der Waals surface area contributed by atoms with Gasteiger partial charge < -0.3 is 9.47 Å². The van der Waals surface area contributed by atoms with Crippen LogP contribution >= 0.6 is 0 Å². The van der Waals surface area contributed by atoms with Crippen LogP contribution in [0, 0.1) is 11.8 Å². The number of ketones is 1. The van der Waals surface area contributed by atoms with Crippen molar-refractivity contribution in [3.05, 3.63) is 0 Å². The van der Waals surface area contributed by atoms with Crippen molar-refractivity contribution in [2.75, 3.05) is 20.3 Å². The highest BCUT2D eigenvalue weighted by Crippen LogP contribution is 2.23. The van der Waals surface area contributed by atoms with Crippen molar-refractivity contribution in [1.82, 2.24) is 0 Å². The summed E-state index contributed by atoms with van der Waals surface area (Å²) in [4.78, 5) is 23.9. The minimum atomic E-state index is -0.567. The maximum Gasteiger partial charge on any atom is 0.316 e. The first-order chi connectivity index (χ1) is 8.20. The number of carbonyl (C=O) groups excluding carboxylic acids is 2. The molecule has 0 N–H and O–H groups in total. The quantitative estimate of drug-likeness (QED) is 0.528. The summed E-state index contributed by atoms with van der Waals surface area (Å²) in [5.74, 6) is -0.920. The van der Waals surface area contributed by atoms with Crippen LogP contribution in [0.1, 0.15) is 39.0 Å². The fraction of sp³-hybridized carbons (Fsp3) is 0.846. The van der Waals surface area contributed by atoms with Crippen molar-refractivity contribution in [3.8, 4) is 0 Å². The molecular formula is C13H22O4. The van der Waals surface area contributed by atoms with Crippen molar-refractivity contribution >= 4 is 11.8 Å². The average molecular weight is 242 g/mol. The first-order valence-corrected chi connectivity index (χ1v) is 6.40. The van der Waals surface area contributed by atoms with E-state index in [4.69, 9.17) is 9.47 Å². The smallest absolute Gasteiger partial charge is 0.316 e. The number of unbranched alkanes of at least 4 members (excludes halogenated alkanes) is 1. The van der Waals surface area contributed by atoms with Gasteiger partial charge in [0.05, 0.1) is 7.11 Å². The molecule has 0 aromatic heterocycles. The highest BCUT2D eigenvalue weighted by Gasteiger charge is 2.33. The molecule has 0 aromatic carbocycles. The maximum absolute atomic E-state index is 12.2. The number of rotatable bonds is 6. The Bertz CT molecular complexity index is 256. The van der Waals surface area contributed by atoms with E-state index in [2.05, 4.69) is 0 Å². The van der Waals surface area contributed by atoms with E-state index in [-0.39, 0.29) is 17.7 Å². The number of hydrogen-bond acceptors (Lipinski definition) is 4. The largest absolute Gasteiger partial charge is 0.468 e. The van der Waals surface area contributed by atoms with Crippen molar-refractivity contribution < 1.29 is 19.1 Å². The van der Waals surface area contributed by atoms with E-state index >= 15 is 0 Å². The van der Waals surface area contributed by atoms with Gasteiger partial charge in [0.25, 0.3) is 0 Å². The first-order valence-electron chi connectivity index (χ1n) is 6.40. The molecule has 1 heterocycles. The van der Waals surface area contributed by atoms with Crippen LogP contribution in [-0.4, -0.2) is 32.1 Å². The van der Waals surface area contributed by atoms with Gasteiger partial charge in [-0.05, 0) is 19.3 Å². The molecule has 1 unspecified atom stereocenters. The van der Waals surface area contributed by atoms with Crippen molar-refractivity contribution in [3.63, 3.8) is 0 Å². The molecule has 0 aliphatic carbocycles. The molecule has 1 atom stereocenters. The fourth-order valence-electron chi connectivity index (χ4n) is 2.19. The lowest BCUT2D eigenvalue weighted by Gasteiger charge is -2.24. The summed E-state index contributed by atoms with van der Waals surface area (Å²) in [6, 6.07) is 0. The third-order valence-electron chi connectivity index (χ3n) is 3.30. The monoisotopic (exact) mass is 242 g/mol. The number of hydrogen-bond donors (Lipinski definition) is 0. The van der Waals surface area contributed by atoms with E-state index in [0.717, 1.165) is 25.7 Å². The molecule has 0 radical (unpaired) electrons. The van der Waals surface area contributed by atoms with Gasteiger partial charge in [-0.25, -0.2) is 0 Å². The topological polar surface area (TPSA) is 52.6 Å². The molecule has 4 nitrogen and oxygen atoms in total. The lowest BCUT2D eigenvalue weighted by Crippen LogP contribution is -2.33. The first kappa shape index (κ1) is 14.2. The number of ether oxygens (including phenoxy) is 2. The Morgan fingerprint density at radius 3 is 2.53 bits per heavy atom. The van der Waals surface area contributed by atoms with Crippen LogP contribution in [0.4, 0.5) is 0 Å². The number of methoxy groups -OCH3 is 1. The van der Waals surface area contributed by atoms with Crippen molar-refractivity contribution in [2.45, 2.75) is 39.0 Å². The highest BCUT2D eigenvalue weighted by atomic mass is 16.5. The van der Waals surface area contributed by atoms with Gasteiger partial charge in [0.15, 0.2) is 0 Å². The lowest BCUT2D eigenvalue weighted by molar-refractivity contribution is -0.151. The molecule has 1 aliphatic rings. The van der Waals surface area contributed by atoms with E-state index < -0.39 is 5.92 Å². The summed E-state index contributed by atoms with van der Waals surface area (Å²) in [5.41, 5.74) is 0. The Hall–Kier alpha value is -0.900. The number of Topliss-reactive ketones (excluding diaryl/α,β-unsaturated/α-hetero) is 1. The molecule has 0 spiro atoms. The van der Waals surface area contributed by atoms with Gasteiger partial charge in [-0.1, -0.05) is 19.8 Å². The van der Waals surface area contributed by atoms with Gasteiger partial charge in [0, 0.05) is 19.1 Å². The molecule has 1 fully saturated rings. The predicted octanol–water partition coefficient (Wildman–Crippen LogP) is 1.96. The highest BCUT2D eigenvalue weighted by molar-refractivity contribution is 6.00. The van der Waals surface area contributed by atoms with Gasteiger partial charge in [-0.3, -0.25) is 9.59 Å². The molecule has 0 saturated carbocycles. The summed E-state index contributed by atoms with van der Waals surface area (Å²) >= 11 is 0. The minimum Gasteiger partial charge on any atom is -0.468 e. The van der Waals surface area contributed by atoms with Crippen molar-refractivity contribution in [1.29, 1.82) is 0 Å². The SMILES string of the molecule is CCCCC(C(=O)OC)C(=O)C1CCOCC1. The van der Waals surface area contributed by atoms with E-state index in [1.807, 2.05) is 6.92 Å². The zero-order valence-electron chi connectivity index (χ0n) is 10.7. The molecule has 17 heavy (non-hydrogen) atoms. The zero-order chi connectivity index (χ0) is 12.7. The zero-order valence-corrected chi connectivity index (χ0v) is 10.7. The van der Waals surface area contributed by atoms with Gasteiger partial charge in [0.2, 0.25) is 0 Å². The summed E-state index contributed by atoms with van der Waals surface area (Å²) < 4.78 is 9.96. The molecule has 0 aromatic rings. The minimum absolute atomic E-state index is 0.0234. The second-order valence-corrected chi connectivity index (χ2v) is 4.51. The van der Waals surface area contributed by atoms with Crippen LogP contribution < -0.4 is 0 Å². The Morgan fingerprint density at radius 2 is 2.00 bits per heavy atom. The summed E-state index contributed by atoms with van der Waals surface area (Å²) in [5, 5.41) is 0. The van der Waals surface area contributed by atoms with E-state index in [0.29, 0.717) is 19.6 Å². The molecule has 0 amide bonds. The molecular weight excluding hydrogens is 220 g/mol. The van der Waals surface area contributed by atoms with Crippen LogP contribution in [-0.2, 0) is 19.1 Å². The standard InChI is InChI=1S/C13H22O4/c1-3-4-5-11(13(15)16-2)12(14)10-6-8-17-9-7-10/h10-11H,3-9H2,1-2H3. The van der Waals surface area contributed by atoms with Crippen LogP contribution in [0.2, 0.25) is 0 Å².